The molecule has 1 aromatic carbocycles. The predicted octanol–water partition coefficient (Wildman–Crippen LogP) is 1.99. The summed E-state index contributed by atoms with van der Waals surface area (Å²) >= 11 is 0. The SMILES string of the molecule is O=C(COc1ccc([N+](=O)[O-])cc1)NC1CCN(C(=O)c2ccco2)CC1. The lowest BCUT2D eigenvalue weighted by atomic mass is 10.0. The third-order valence-corrected chi connectivity index (χ3v) is 4.30. The quantitative estimate of drug-likeness (QED) is 0.612. The second-order valence-electron chi connectivity index (χ2n) is 6.15. The van der Waals surface area contributed by atoms with Crippen LogP contribution in [-0.4, -0.2) is 47.4 Å². The molecule has 1 aromatic heterocycles. The minimum absolute atomic E-state index is 0.0291. The van der Waals surface area contributed by atoms with Gasteiger partial charge in [-0.1, -0.05) is 0 Å². The average molecular weight is 373 g/mol. The molecule has 27 heavy (non-hydrogen) atoms. The lowest BCUT2D eigenvalue weighted by Gasteiger charge is -2.31. The van der Waals surface area contributed by atoms with Gasteiger partial charge in [-0.15, -0.1) is 0 Å². The summed E-state index contributed by atoms with van der Waals surface area (Å²) < 4.78 is 10.5. The Hall–Kier alpha value is -3.36. The van der Waals surface area contributed by atoms with E-state index in [4.69, 9.17) is 9.15 Å². The number of non-ortho nitro benzene ring substituents is 1. The van der Waals surface area contributed by atoms with E-state index in [1.54, 1.807) is 17.0 Å². The van der Waals surface area contributed by atoms with Crippen molar-refractivity contribution in [2.75, 3.05) is 19.7 Å². The average Bonchev–Trinajstić information content (AvgIpc) is 3.21. The molecule has 0 aliphatic carbocycles. The molecule has 0 bridgehead atoms. The number of rotatable bonds is 6. The molecule has 0 radical (unpaired) electrons. The maximum atomic E-state index is 12.2. The number of hydrogen-bond acceptors (Lipinski definition) is 6. The molecule has 3 rings (SSSR count). The molecule has 9 heteroatoms. The first-order valence-electron chi connectivity index (χ1n) is 8.52. The van der Waals surface area contributed by atoms with Crippen molar-refractivity contribution in [2.45, 2.75) is 18.9 Å². The monoisotopic (exact) mass is 373 g/mol. The molecule has 1 N–H and O–H groups in total. The zero-order valence-corrected chi connectivity index (χ0v) is 14.5. The molecule has 142 valence electrons. The van der Waals surface area contributed by atoms with Crippen molar-refractivity contribution in [3.05, 3.63) is 58.5 Å². The number of amides is 2. The third kappa shape index (κ3) is 4.84. The first kappa shape index (κ1) is 18.4. The molecule has 2 amide bonds. The smallest absolute Gasteiger partial charge is 0.289 e. The molecule has 1 saturated heterocycles. The van der Waals surface area contributed by atoms with Crippen molar-refractivity contribution in [3.8, 4) is 5.75 Å². The number of piperidine rings is 1. The van der Waals surface area contributed by atoms with Crippen molar-refractivity contribution in [2.24, 2.45) is 0 Å². The van der Waals surface area contributed by atoms with Gasteiger partial charge in [-0.25, -0.2) is 0 Å². The Morgan fingerprint density at radius 1 is 1.22 bits per heavy atom. The van der Waals surface area contributed by atoms with E-state index < -0.39 is 4.92 Å². The number of furan rings is 1. The number of nitro benzene ring substituents is 1. The van der Waals surface area contributed by atoms with Crippen LogP contribution in [0.1, 0.15) is 23.4 Å². The molecular weight excluding hydrogens is 354 g/mol. The topological polar surface area (TPSA) is 115 Å². The highest BCUT2D eigenvalue weighted by Crippen LogP contribution is 2.17. The van der Waals surface area contributed by atoms with E-state index in [1.807, 2.05) is 0 Å². The largest absolute Gasteiger partial charge is 0.484 e. The van der Waals surface area contributed by atoms with Crippen molar-refractivity contribution in [1.82, 2.24) is 10.2 Å². The molecule has 0 spiro atoms. The highest BCUT2D eigenvalue weighted by atomic mass is 16.6. The Balaban J connectivity index is 1.40. The van der Waals surface area contributed by atoms with Crippen molar-refractivity contribution < 1.29 is 23.7 Å². The van der Waals surface area contributed by atoms with Gasteiger partial charge >= 0.3 is 0 Å². The zero-order chi connectivity index (χ0) is 19.2. The summed E-state index contributed by atoms with van der Waals surface area (Å²) in [4.78, 5) is 36.0. The van der Waals surface area contributed by atoms with Crippen molar-refractivity contribution >= 4 is 17.5 Å². The van der Waals surface area contributed by atoms with Gasteiger partial charge in [0.1, 0.15) is 5.75 Å². The van der Waals surface area contributed by atoms with Crippen LogP contribution in [0.2, 0.25) is 0 Å². The summed E-state index contributed by atoms with van der Waals surface area (Å²) in [5.74, 6) is 0.277. The molecule has 9 nitrogen and oxygen atoms in total. The zero-order valence-electron chi connectivity index (χ0n) is 14.5. The van der Waals surface area contributed by atoms with Crippen LogP contribution in [0, 0.1) is 10.1 Å². The summed E-state index contributed by atoms with van der Waals surface area (Å²) in [6.45, 7) is 0.894. The van der Waals surface area contributed by atoms with Crippen LogP contribution >= 0.6 is 0 Å². The van der Waals surface area contributed by atoms with Crippen LogP contribution in [0.15, 0.2) is 47.1 Å². The minimum atomic E-state index is -0.501. The molecule has 0 atom stereocenters. The van der Waals surface area contributed by atoms with Gasteiger partial charge in [-0.3, -0.25) is 19.7 Å². The number of carbonyl (C=O) groups is 2. The first-order chi connectivity index (χ1) is 13.0. The third-order valence-electron chi connectivity index (χ3n) is 4.30. The summed E-state index contributed by atoms with van der Waals surface area (Å²) in [5.41, 5.74) is -0.0392. The summed E-state index contributed by atoms with van der Waals surface area (Å²) in [6, 6.07) is 8.81. The second kappa shape index (κ2) is 8.35. The van der Waals surface area contributed by atoms with Gasteiger partial charge in [0.2, 0.25) is 0 Å². The lowest BCUT2D eigenvalue weighted by molar-refractivity contribution is -0.384. The Morgan fingerprint density at radius 2 is 1.93 bits per heavy atom. The maximum absolute atomic E-state index is 12.2. The number of hydrogen-bond donors (Lipinski definition) is 1. The van der Waals surface area contributed by atoms with Gasteiger partial charge in [-0.2, -0.15) is 0 Å². The Morgan fingerprint density at radius 3 is 2.52 bits per heavy atom. The lowest BCUT2D eigenvalue weighted by Crippen LogP contribution is -2.47. The van der Waals surface area contributed by atoms with E-state index in [2.05, 4.69) is 5.32 Å². The van der Waals surface area contributed by atoms with E-state index in [1.165, 1.54) is 30.5 Å². The molecule has 2 aromatic rings. The van der Waals surface area contributed by atoms with Crippen LogP contribution in [0.4, 0.5) is 5.69 Å². The van der Waals surface area contributed by atoms with Gasteiger partial charge in [-0.05, 0) is 37.1 Å². The van der Waals surface area contributed by atoms with E-state index in [0.29, 0.717) is 37.4 Å². The number of nitrogens with one attached hydrogen (secondary N) is 1. The maximum Gasteiger partial charge on any atom is 0.289 e. The normalized spacial score (nSPS) is 14.6. The molecule has 1 fully saturated rings. The standard InChI is InChI=1S/C18H19N3O6/c22-17(12-27-15-5-3-14(4-6-15)21(24)25)19-13-7-9-20(10-8-13)18(23)16-2-1-11-26-16/h1-6,11,13H,7-10,12H2,(H,19,22). The van der Waals surface area contributed by atoms with Gasteiger partial charge < -0.3 is 19.4 Å². The number of ether oxygens (including phenoxy) is 1. The van der Waals surface area contributed by atoms with E-state index in [9.17, 15) is 19.7 Å². The molecule has 2 heterocycles. The molecular formula is C18H19N3O6. The minimum Gasteiger partial charge on any atom is -0.484 e. The molecule has 1 aliphatic heterocycles. The Kier molecular flexibility index (Phi) is 5.70. The Bertz CT molecular complexity index is 795. The van der Waals surface area contributed by atoms with E-state index in [0.717, 1.165) is 0 Å². The van der Waals surface area contributed by atoms with Crippen LogP contribution < -0.4 is 10.1 Å². The van der Waals surface area contributed by atoms with Crippen LogP contribution in [-0.2, 0) is 4.79 Å². The second-order valence-corrected chi connectivity index (χ2v) is 6.15. The van der Waals surface area contributed by atoms with Crippen molar-refractivity contribution in [1.29, 1.82) is 0 Å². The first-order valence-corrected chi connectivity index (χ1v) is 8.52. The number of likely N-dealkylation sites (tertiary alicyclic amines) is 1. The molecule has 0 unspecified atom stereocenters. The highest BCUT2D eigenvalue weighted by Gasteiger charge is 2.25. The fourth-order valence-electron chi connectivity index (χ4n) is 2.87. The number of nitro groups is 1. The fourth-order valence-corrected chi connectivity index (χ4v) is 2.87. The van der Waals surface area contributed by atoms with Gasteiger partial charge in [0, 0.05) is 31.3 Å². The van der Waals surface area contributed by atoms with Crippen LogP contribution in [0.5, 0.6) is 5.75 Å². The van der Waals surface area contributed by atoms with Crippen molar-refractivity contribution in [3.63, 3.8) is 0 Å². The number of carbonyl (C=O) groups excluding carboxylic acids is 2. The summed E-state index contributed by atoms with van der Waals surface area (Å²) in [5, 5.41) is 13.5. The Labute approximate surface area is 155 Å². The van der Waals surface area contributed by atoms with Crippen LogP contribution in [0.3, 0.4) is 0 Å². The number of nitrogens with zero attached hydrogens (tertiary/aromatic N) is 2. The van der Waals surface area contributed by atoms with Gasteiger partial charge in [0.15, 0.2) is 12.4 Å². The van der Waals surface area contributed by atoms with E-state index in [-0.39, 0.29) is 30.2 Å². The highest BCUT2D eigenvalue weighted by molar-refractivity contribution is 5.91. The van der Waals surface area contributed by atoms with Gasteiger partial charge in [0.25, 0.3) is 17.5 Å². The van der Waals surface area contributed by atoms with Gasteiger partial charge in [0.05, 0.1) is 11.2 Å². The summed E-state index contributed by atoms with van der Waals surface area (Å²) in [6.07, 6.45) is 2.76. The fraction of sp³-hybridized carbons (Fsp3) is 0.333. The predicted molar refractivity (Wildman–Crippen MR) is 94.4 cm³/mol. The molecule has 0 saturated carbocycles. The van der Waals surface area contributed by atoms with E-state index >= 15 is 0 Å². The molecule has 1 aliphatic rings. The number of benzene rings is 1. The summed E-state index contributed by atoms with van der Waals surface area (Å²) in [7, 11) is 0. The van der Waals surface area contributed by atoms with Crippen LogP contribution in [0.25, 0.3) is 0 Å².